The van der Waals surface area contributed by atoms with Crippen molar-refractivity contribution in [2.75, 3.05) is 25.6 Å². The van der Waals surface area contributed by atoms with Crippen molar-refractivity contribution in [3.63, 3.8) is 0 Å². The Morgan fingerprint density at radius 2 is 2.42 bits per heavy atom. The van der Waals surface area contributed by atoms with Gasteiger partial charge in [0.1, 0.15) is 5.75 Å². The lowest BCUT2D eigenvalue weighted by Crippen LogP contribution is -2.05. The predicted octanol–water partition coefficient (Wildman–Crippen LogP) is 0.494. The van der Waals surface area contributed by atoms with Gasteiger partial charge in [-0.05, 0) is 0 Å². The van der Waals surface area contributed by atoms with E-state index in [-0.39, 0.29) is 6.61 Å². The second kappa shape index (κ2) is 4.56. The van der Waals surface area contributed by atoms with Gasteiger partial charge in [-0.2, -0.15) is 0 Å². The number of aromatic nitrogens is 1. The molecule has 0 bridgehead atoms. The van der Waals surface area contributed by atoms with Crippen LogP contribution in [-0.2, 0) is 0 Å². The molecule has 0 radical (unpaired) electrons. The van der Waals surface area contributed by atoms with Crippen LogP contribution in [0, 0.1) is 0 Å². The van der Waals surface area contributed by atoms with Gasteiger partial charge in [-0.3, -0.25) is 4.98 Å². The van der Waals surface area contributed by atoms with Gasteiger partial charge in [0.15, 0.2) is 0 Å². The van der Waals surface area contributed by atoms with Crippen LogP contribution in [0.5, 0.6) is 5.75 Å². The molecule has 0 atom stereocenters. The summed E-state index contributed by atoms with van der Waals surface area (Å²) in [5, 5.41) is 11.5. The average Bonchev–Trinajstić information content (AvgIpc) is 2.15. The van der Waals surface area contributed by atoms with Crippen molar-refractivity contribution < 1.29 is 9.84 Å². The van der Waals surface area contributed by atoms with Crippen LogP contribution in [0.15, 0.2) is 18.5 Å². The highest BCUT2D eigenvalue weighted by molar-refractivity contribution is 5.44. The maximum Gasteiger partial charge on any atom is 0.139 e. The normalized spacial score (nSPS) is 9.50. The molecule has 0 aliphatic rings. The minimum absolute atomic E-state index is 0.108. The third-order valence-electron chi connectivity index (χ3n) is 1.39. The summed E-state index contributed by atoms with van der Waals surface area (Å²) in [6.07, 6.45) is 3.31. The van der Waals surface area contributed by atoms with Crippen molar-refractivity contribution >= 4 is 5.69 Å². The number of aliphatic hydroxyl groups is 1. The molecule has 66 valence electrons. The zero-order valence-electron chi connectivity index (χ0n) is 6.95. The number of methoxy groups -OCH3 is 1. The van der Waals surface area contributed by atoms with Crippen molar-refractivity contribution in [2.24, 2.45) is 0 Å². The Kier molecular flexibility index (Phi) is 3.35. The molecule has 0 unspecified atom stereocenters. The molecule has 1 aromatic heterocycles. The van der Waals surface area contributed by atoms with Gasteiger partial charge < -0.3 is 15.2 Å². The fourth-order valence-electron chi connectivity index (χ4n) is 0.827. The number of nitrogens with zero attached hydrogens (tertiary/aromatic N) is 1. The quantitative estimate of drug-likeness (QED) is 0.687. The minimum Gasteiger partial charge on any atom is -0.495 e. The number of hydrogen-bond donors (Lipinski definition) is 2. The highest BCUT2D eigenvalue weighted by Gasteiger charge is 1.93. The van der Waals surface area contributed by atoms with Gasteiger partial charge >= 0.3 is 0 Å². The molecule has 0 aliphatic heterocycles. The van der Waals surface area contributed by atoms with Crippen LogP contribution in [0.4, 0.5) is 5.69 Å². The summed E-state index contributed by atoms with van der Waals surface area (Å²) in [4.78, 5) is 3.94. The number of anilines is 1. The fraction of sp³-hybridized carbons (Fsp3) is 0.375. The number of rotatable bonds is 4. The molecular formula is C8H12N2O2. The van der Waals surface area contributed by atoms with E-state index in [0.29, 0.717) is 12.3 Å². The Bertz CT molecular complexity index is 240. The maximum atomic E-state index is 8.54. The smallest absolute Gasteiger partial charge is 0.139 e. The lowest BCUT2D eigenvalue weighted by Gasteiger charge is -2.04. The van der Waals surface area contributed by atoms with Crippen LogP contribution in [0.3, 0.4) is 0 Å². The van der Waals surface area contributed by atoms with Crippen molar-refractivity contribution in [3.8, 4) is 5.75 Å². The Labute approximate surface area is 71.2 Å². The summed E-state index contributed by atoms with van der Waals surface area (Å²) < 4.78 is 4.97. The molecule has 4 nitrogen and oxygen atoms in total. The Hall–Kier alpha value is -1.29. The molecule has 4 heteroatoms. The molecule has 0 aliphatic carbocycles. The number of hydrogen-bond acceptors (Lipinski definition) is 4. The monoisotopic (exact) mass is 168 g/mol. The van der Waals surface area contributed by atoms with Gasteiger partial charge in [-0.1, -0.05) is 0 Å². The van der Waals surface area contributed by atoms with E-state index >= 15 is 0 Å². The molecule has 12 heavy (non-hydrogen) atoms. The highest BCUT2D eigenvalue weighted by atomic mass is 16.5. The zero-order chi connectivity index (χ0) is 8.81. The van der Waals surface area contributed by atoms with E-state index < -0.39 is 0 Å². The first-order chi connectivity index (χ1) is 5.86. The summed E-state index contributed by atoms with van der Waals surface area (Å²) in [6, 6.07) is 1.82. The number of aliphatic hydroxyl groups excluding tert-OH is 1. The number of ether oxygens (including phenoxy) is 1. The molecule has 0 saturated heterocycles. The van der Waals surface area contributed by atoms with Crippen LogP contribution in [0.25, 0.3) is 0 Å². The average molecular weight is 168 g/mol. The van der Waals surface area contributed by atoms with Crippen LogP contribution in [0.2, 0.25) is 0 Å². The van der Waals surface area contributed by atoms with Gasteiger partial charge in [0, 0.05) is 12.6 Å². The third kappa shape index (κ3) is 2.39. The Morgan fingerprint density at radius 3 is 3.08 bits per heavy atom. The van der Waals surface area contributed by atoms with Gasteiger partial charge in [0.25, 0.3) is 0 Å². The second-order valence-corrected chi connectivity index (χ2v) is 2.26. The van der Waals surface area contributed by atoms with E-state index in [9.17, 15) is 0 Å². The standard InChI is InChI=1S/C8H12N2O2/c1-12-8-4-7(5-9-6-8)10-2-3-11/h4-6,10-11H,2-3H2,1H3. The van der Waals surface area contributed by atoms with Gasteiger partial charge in [-0.15, -0.1) is 0 Å². The van der Waals surface area contributed by atoms with Crippen LogP contribution >= 0.6 is 0 Å². The topological polar surface area (TPSA) is 54.4 Å². The lowest BCUT2D eigenvalue weighted by atomic mass is 10.4. The van der Waals surface area contributed by atoms with Crippen LogP contribution in [0.1, 0.15) is 0 Å². The van der Waals surface area contributed by atoms with Gasteiger partial charge in [0.2, 0.25) is 0 Å². The van der Waals surface area contributed by atoms with Crippen molar-refractivity contribution in [2.45, 2.75) is 0 Å². The first kappa shape index (κ1) is 8.80. The van der Waals surface area contributed by atoms with Gasteiger partial charge in [0.05, 0.1) is 31.8 Å². The van der Waals surface area contributed by atoms with Gasteiger partial charge in [-0.25, -0.2) is 0 Å². The number of pyridine rings is 1. The largest absolute Gasteiger partial charge is 0.495 e. The maximum absolute atomic E-state index is 8.54. The predicted molar refractivity (Wildman–Crippen MR) is 46.4 cm³/mol. The molecule has 1 aromatic rings. The fourth-order valence-corrected chi connectivity index (χ4v) is 0.827. The van der Waals surface area contributed by atoms with E-state index in [1.165, 1.54) is 0 Å². The van der Waals surface area contributed by atoms with E-state index in [1.54, 1.807) is 19.5 Å². The zero-order valence-corrected chi connectivity index (χ0v) is 6.95. The summed E-state index contributed by atoms with van der Waals surface area (Å²) in [5.74, 6) is 0.706. The SMILES string of the molecule is COc1cncc(NCCO)c1. The van der Waals surface area contributed by atoms with Crippen molar-refractivity contribution in [1.82, 2.24) is 4.98 Å². The third-order valence-corrected chi connectivity index (χ3v) is 1.39. The van der Waals surface area contributed by atoms with Crippen LogP contribution < -0.4 is 10.1 Å². The molecule has 0 aromatic carbocycles. The van der Waals surface area contributed by atoms with E-state index in [2.05, 4.69) is 10.3 Å². The Morgan fingerprint density at radius 1 is 1.58 bits per heavy atom. The molecule has 0 saturated carbocycles. The minimum atomic E-state index is 0.108. The number of nitrogens with one attached hydrogen (secondary N) is 1. The van der Waals surface area contributed by atoms with Crippen LogP contribution in [-0.4, -0.2) is 30.4 Å². The first-order valence-corrected chi connectivity index (χ1v) is 3.70. The molecule has 1 rings (SSSR count). The first-order valence-electron chi connectivity index (χ1n) is 3.70. The molecular weight excluding hydrogens is 156 g/mol. The van der Waals surface area contributed by atoms with E-state index in [4.69, 9.17) is 9.84 Å². The second-order valence-electron chi connectivity index (χ2n) is 2.26. The Balaban J connectivity index is 2.60. The van der Waals surface area contributed by atoms with E-state index in [1.807, 2.05) is 6.07 Å². The van der Waals surface area contributed by atoms with Crippen molar-refractivity contribution in [1.29, 1.82) is 0 Å². The summed E-state index contributed by atoms with van der Waals surface area (Å²) >= 11 is 0. The summed E-state index contributed by atoms with van der Waals surface area (Å²) in [6.45, 7) is 0.631. The molecule has 1 heterocycles. The summed E-state index contributed by atoms with van der Waals surface area (Å²) in [7, 11) is 1.59. The molecule has 0 amide bonds. The molecule has 0 fully saturated rings. The van der Waals surface area contributed by atoms with E-state index in [0.717, 1.165) is 5.69 Å². The summed E-state index contributed by atoms with van der Waals surface area (Å²) in [5.41, 5.74) is 0.850. The molecule has 0 spiro atoms. The highest BCUT2D eigenvalue weighted by Crippen LogP contribution is 2.13. The lowest BCUT2D eigenvalue weighted by molar-refractivity contribution is 0.311. The molecule has 2 N–H and O–H groups in total. The van der Waals surface area contributed by atoms with Crippen molar-refractivity contribution in [3.05, 3.63) is 18.5 Å².